The fourth-order valence-electron chi connectivity index (χ4n) is 4.25. The van der Waals surface area contributed by atoms with Crippen molar-refractivity contribution in [1.82, 2.24) is 14.9 Å². The van der Waals surface area contributed by atoms with Crippen molar-refractivity contribution in [3.8, 4) is 11.5 Å². The molecule has 0 spiro atoms. The number of aryl methyl sites for hydroxylation is 3. The lowest BCUT2D eigenvalue weighted by molar-refractivity contribution is -0.156. The number of ketones is 1. The molecule has 1 amide bonds. The van der Waals surface area contributed by atoms with Crippen molar-refractivity contribution < 1.29 is 34.4 Å². The van der Waals surface area contributed by atoms with Crippen LogP contribution in [0.5, 0.6) is 11.5 Å². The largest absolute Gasteiger partial charge is 0.504 e. The molecule has 0 unspecified atom stereocenters. The third-order valence-electron chi connectivity index (χ3n) is 6.51. The molecule has 2 heterocycles. The van der Waals surface area contributed by atoms with Crippen LogP contribution >= 0.6 is 0 Å². The molecule has 3 N–H and O–H groups in total. The maximum Gasteiger partial charge on any atom is 0.329 e. The third kappa shape index (κ3) is 6.37. The number of hydrogen-bond acceptors (Lipinski definition) is 9. The second-order valence-corrected chi connectivity index (χ2v) is 9.34. The van der Waals surface area contributed by atoms with E-state index in [1.54, 1.807) is 13.8 Å². The molecule has 0 bridgehead atoms. The number of amides is 1. The van der Waals surface area contributed by atoms with Gasteiger partial charge in [-0.1, -0.05) is 13.0 Å². The van der Waals surface area contributed by atoms with Gasteiger partial charge in [0.15, 0.2) is 17.3 Å². The van der Waals surface area contributed by atoms with Gasteiger partial charge in [0.05, 0.1) is 22.8 Å². The normalized spacial score (nSPS) is 17.0. The van der Waals surface area contributed by atoms with Crippen molar-refractivity contribution in [3.05, 3.63) is 46.5 Å². The number of benzene rings is 1. The molecule has 3 rings (SSSR count). The standard InChI is InChI=1S/C26H33N3O7/c1-14(10-22(31)24(33)12-18-7-8-21(30)23(32)11-18)25(34)29-9-5-6-20(29)26(35)36-13-19-17(4)27-15(2)16(3)28-19/h7-8,11,14,20,24,30,32-33H,5-6,9-10,12-13H2,1-4H3/t14-,20+,24-/m1/s1. The second kappa shape index (κ2) is 11.5. The molecule has 194 valence electrons. The number of nitrogens with zero attached hydrogens (tertiary/aromatic N) is 3. The first-order valence-electron chi connectivity index (χ1n) is 12.0. The van der Waals surface area contributed by atoms with Crippen molar-refractivity contribution in [3.63, 3.8) is 0 Å². The fraction of sp³-hybridized carbons (Fsp3) is 0.500. The topological polar surface area (TPSA) is 150 Å². The zero-order chi connectivity index (χ0) is 26.6. The Balaban J connectivity index is 1.56. The Bertz CT molecular complexity index is 1150. The highest BCUT2D eigenvalue weighted by Crippen LogP contribution is 2.26. The van der Waals surface area contributed by atoms with Gasteiger partial charge in [-0.3, -0.25) is 19.6 Å². The van der Waals surface area contributed by atoms with Gasteiger partial charge in [-0.05, 0) is 51.3 Å². The van der Waals surface area contributed by atoms with Crippen molar-refractivity contribution >= 4 is 17.7 Å². The van der Waals surface area contributed by atoms with Crippen LogP contribution in [0, 0.1) is 26.7 Å². The number of esters is 1. The first-order valence-corrected chi connectivity index (χ1v) is 12.0. The molecule has 1 aromatic carbocycles. The van der Waals surface area contributed by atoms with E-state index in [1.165, 1.54) is 23.1 Å². The molecule has 0 aliphatic carbocycles. The van der Waals surface area contributed by atoms with Crippen LogP contribution in [-0.4, -0.2) is 66.5 Å². The molecule has 0 radical (unpaired) electrons. The van der Waals surface area contributed by atoms with E-state index in [0.29, 0.717) is 36.3 Å². The van der Waals surface area contributed by atoms with Crippen molar-refractivity contribution in [2.45, 2.75) is 72.1 Å². The smallest absolute Gasteiger partial charge is 0.329 e. The summed E-state index contributed by atoms with van der Waals surface area (Å²) in [6.07, 6.45) is -0.518. The third-order valence-corrected chi connectivity index (χ3v) is 6.51. The molecule has 1 aliphatic rings. The summed E-state index contributed by atoms with van der Waals surface area (Å²) in [5.41, 5.74) is 3.28. The zero-order valence-corrected chi connectivity index (χ0v) is 21.0. The lowest BCUT2D eigenvalue weighted by Crippen LogP contribution is -2.44. The van der Waals surface area contributed by atoms with E-state index >= 15 is 0 Å². The number of rotatable bonds is 9. The molecule has 1 aromatic heterocycles. The lowest BCUT2D eigenvalue weighted by atomic mass is 9.96. The quantitative estimate of drug-likeness (QED) is 0.348. The number of phenolic OH excluding ortho intramolecular Hbond substituents is 2. The number of aliphatic hydroxyl groups excluding tert-OH is 1. The average molecular weight is 500 g/mol. The number of likely N-dealkylation sites (tertiary alicyclic amines) is 1. The average Bonchev–Trinajstić information content (AvgIpc) is 3.32. The van der Waals surface area contributed by atoms with E-state index in [-0.39, 0.29) is 36.9 Å². The van der Waals surface area contributed by atoms with E-state index in [2.05, 4.69) is 9.97 Å². The number of hydrogen-bond donors (Lipinski definition) is 3. The van der Waals surface area contributed by atoms with Crippen LogP contribution in [0.15, 0.2) is 18.2 Å². The molecule has 1 fully saturated rings. The van der Waals surface area contributed by atoms with Gasteiger partial charge in [-0.15, -0.1) is 0 Å². The molecule has 10 nitrogen and oxygen atoms in total. The SMILES string of the molecule is Cc1nc(C)c(COC(=O)[C@@H]2CCCN2C(=O)[C@H](C)CC(=O)[C@H](O)Cc2ccc(O)c(O)c2)nc1C. The summed E-state index contributed by atoms with van der Waals surface area (Å²) >= 11 is 0. The zero-order valence-electron chi connectivity index (χ0n) is 21.0. The Hall–Kier alpha value is -3.53. The maximum absolute atomic E-state index is 13.1. The second-order valence-electron chi connectivity index (χ2n) is 9.34. The molecule has 36 heavy (non-hydrogen) atoms. The van der Waals surface area contributed by atoms with Gasteiger partial charge in [0, 0.05) is 25.3 Å². The van der Waals surface area contributed by atoms with E-state index in [4.69, 9.17) is 4.74 Å². The van der Waals surface area contributed by atoms with Gasteiger partial charge in [0.2, 0.25) is 5.91 Å². The number of ether oxygens (including phenoxy) is 1. The first-order chi connectivity index (χ1) is 17.0. The van der Waals surface area contributed by atoms with Crippen LogP contribution in [0.3, 0.4) is 0 Å². The Morgan fingerprint density at radius 1 is 1.08 bits per heavy atom. The van der Waals surface area contributed by atoms with Crippen LogP contribution in [-0.2, 0) is 32.1 Å². The van der Waals surface area contributed by atoms with Crippen molar-refractivity contribution in [1.29, 1.82) is 0 Å². The maximum atomic E-state index is 13.1. The van der Waals surface area contributed by atoms with Crippen LogP contribution in [0.1, 0.15) is 54.5 Å². The molecule has 0 saturated carbocycles. The van der Waals surface area contributed by atoms with E-state index < -0.39 is 29.8 Å². The summed E-state index contributed by atoms with van der Waals surface area (Å²) in [5, 5.41) is 29.3. The molecule has 3 atom stereocenters. The predicted molar refractivity (Wildman–Crippen MR) is 129 cm³/mol. The fourth-order valence-corrected chi connectivity index (χ4v) is 4.25. The van der Waals surface area contributed by atoms with Crippen molar-refractivity contribution in [2.75, 3.05) is 6.54 Å². The highest BCUT2D eigenvalue weighted by molar-refractivity contribution is 5.91. The molecular formula is C26H33N3O7. The summed E-state index contributed by atoms with van der Waals surface area (Å²) in [5.74, 6) is -2.77. The monoisotopic (exact) mass is 499 g/mol. The Morgan fingerprint density at radius 2 is 1.78 bits per heavy atom. The van der Waals surface area contributed by atoms with Crippen LogP contribution in [0.25, 0.3) is 0 Å². The first kappa shape index (κ1) is 27.1. The Labute approximate surface area is 210 Å². The highest BCUT2D eigenvalue weighted by Gasteiger charge is 2.38. The van der Waals surface area contributed by atoms with Crippen LogP contribution in [0.2, 0.25) is 0 Å². The number of Topliss-reactive ketones (excluding diaryl/α,β-unsaturated/α-hetero) is 1. The number of aromatic hydroxyl groups is 2. The van der Waals surface area contributed by atoms with Gasteiger partial charge in [-0.2, -0.15) is 0 Å². The highest BCUT2D eigenvalue weighted by atomic mass is 16.5. The van der Waals surface area contributed by atoms with Gasteiger partial charge < -0.3 is 25.0 Å². The molecule has 10 heteroatoms. The summed E-state index contributed by atoms with van der Waals surface area (Å²) in [7, 11) is 0. The van der Waals surface area contributed by atoms with Gasteiger partial charge in [0.25, 0.3) is 0 Å². The van der Waals surface area contributed by atoms with Gasteiger partial charge in [-0.25, -0.2) is 4.79 Å². The van der Waals surface area contributed by atoms with Gasteiger partial charge in [0.1, 0.15) is 18.8 Å². The van der Waals surface area contributed by atoms with Crippen LogP contribution < -0.4 is 0 Å². The minimum Gasteiger partial charge on any atom is -0.504 e. The molecule has 1 saturated heterocycles. The summed E-state index contributed by atoms with van der Waals surface area (Å²) in [6, 6.07) is 3.30. The van der Waals surface area contributed by atoms with E-state index in [1.807, 2.05) is 13.8 Å². The molecular weight excluding hydrogens is 466 g/mol. The van der Waals surface area contributed by atoms with Crippen LogP contribution in [0.4, 0.5) is 0 Å². The Kier molecular flexibility index (Phi) is 8.62. The predicted octanol–water partition coefficient (Wildman–Crippen LogP) is 2.05. The summed E-state index contributed by atoms with van der Waals surface area (Å²) in [6.45, 7) is 7.42. The Morgan fingerprint density at radius 3 is 2.47 bits per heavy atom. The van der Waals surface area contributed by atoms with E-state index in [0.717, 1.165) is 11.4 Å². The summed E-state index contributed by atoms with van der Waals surface area (Å²) < 4.78 is 5.47. The minimum absolute atomic E-state index is 0.0373. The molecule has 2 aromatic rings. The lowest BCUT2D eigenvalue weighted by Gasteiger charge is -2.26. The number of carbonyl (C=O) groups is 3. The minimum atomic E-state index is -1.37. The number of phenols is 2. The number of aliphatic hydroxyl groups is 1. The van der Waals surface area contributed by atoms with Crippen molar-refractivity contribution in [2.24, 2.45) is 5.92 Å². The number of carbonyl (C=O) groups excluding carboxylic acids is 3. The molecule has 1 aliphatic heterocycles. The number of aromatic nitrogens is 2. The summed E-state index contributed by atoms with van der Waals surface area (Å²) in [4.78, 5) is 48.7. The van der Waals surface area contributed by atoms with E-state index in [9.17, 15) is 29.7 Å². The van der Waals surface area contributed by atoms with Gasteiger partial charge >= 0.3 is 5.97 Å².